The summed E-state index contributed by atoms with van der Waals surface area (Å²) >= 11 is 0. The number of rotatable bonds is 7. The van der Waals surface area contributed by atoms with E-state index in [-0.39, 0.29) is 28.6 Å². The molecule has 1 aromatic carbocycles. The number of unbranched alkanes of at least 4 members (excludes halogenated alkanes) is 1. The first-order chi connectivity index (χ1) is 11.1. The smallest absolute Gasteiger partial charge is 0.339 e. The maximum Gasteiger partial charge on any atom is 0.339 e. The Labute approximate surface area is 145 Å². The molecule has 1 atom stereocenters. The average Bonchev–Trinajstić information content (AvgIpc) is 2.49. The van der Waals surface area contributed by atoms with Gasteiger partial charge in [0.05, 0.1) is 11.1 Å². The summed E-state index contributed by atoms with van der Waals surface area (Å²) < 4.78 is 5.61. The molecule has 0 aliphatic rings. The van der Waals surface area contributed by atoms with Crippen LogP contribution in [0.25, 0.3) is 0 Å². The van der Waals surface area contributed by atoms with Crippen molar-refractivity contribution < 1.29 is 19.4 Å². The summed E-state index contributed by atoms with van der Waals surface area (Å²) in [5.41, 5.74) is 0.819. The summed E-state index contributed by atoms with van der Waals surface area (Å²) in [5.74, 6) is -1.46. The van der Waals surface area contributed by atoms with Gasteiger partial charge in [-0.25, -0.2) is 9.59 Å². The van der Waals surface area contributed by atoms with Gasteiger partial charge in [-0.05, 0) is 35.4 Å². The Hall–Kier alpha value is -1.84. The first kappa shape index (κ1) is 20.2. The summed E-state index contributed by atoms with van der Waals surface area (Å²) in [4.78, 5) is 24.1. The Morgan fingerprint density at radius 1 is 1.17 bits per heavy atom. The summed E-state index contributed by atoms with van der Waals surface area (Å²) in [7, 11) is 0. The Balaban J connectivity index is 3.11. The molecule has 0 radical (unpaired) electrons. The molecule has 0 aromatic heterocycles. The van der Waals surface area contributed by atoms with Crippen molar-refractivity contribution in [1.29, 1.82) is 0 Å². The number of esters is 1. The molecule has 1 unspecified atom stereocenters. The van der Waals surface area contributed by atoms with Crippen LogP contribution in [0.2, 0.25) is 0 Å². The number of aromatic carboxylic acids is 1. The SMILES string of the molecule is CCCCC(OC(=O)c1ccc(C(C)(C)C)cc1C(=O)O)C(C)C. The van der Waals surface area contributed by atoms with E-state index in [1.165, 1.54) is 0 Å². The van der Waals surface area contributed by atoms with Gasteiger partial charge >= 0.3 is 11.9 Å². The Morgan fingerprint density at radius 3 is 2.25 bits per heavy atom. The molecular weight excluding hydrogens is 304 g/mol. The number of hydrogen-bond acceptors (Lipinski definition) is 3. The standard InChI is InChI=1S/C20H30O4/c1-7-8-9-17(13(2)3)24-19(23)15-11-10-14(20(4,5)6)12-16(15)18(21)22/h10-13,17H,7-9H2,1-6H3,(H,21,22). The van der Waals surface area contributed by atoms with Crippen LogP contribution in [0.5, 0.6) is 0 Å². The fourth-order valence-corrected chi connectivity index (χ4v) is 2.50. The third kappa shape index (κ3) is 5.36. The molecule has 1 N–H and O–H groups in total. The minimum absolute atomic E-state index is 0.00502. The van der Waals surface area contributed by atoms with E-state index in [2.05, 4.69) is 6.92 Å². The van der Waals surface area contributed by atoms with Crippen molar-refractivity contribution in [2.45, 2.75) is 72.3 Å². The molecule has 0 amide bonds. The lowest BCUT2D eigenvalue weighted by Crippen LogP contribution is -2.25. The highest BCUT2D eigenvalue weighted by atomic mass is 16.5. The van der Waals surface area contributed by atoms with Crippen LogP contribution in [0.1, 0.15) is 87.1 Å². The van der Waals surface area contributed by atoms with Crippen molar-refractivity contribution in [3.8, 4) is 0 Å². The van der Waals surface area contributed by atoms with Gasteiger partial charge in [-0.2, -0.15) is 0 Å². The maximum absolute atomic E-state index is 12.5. The number of benzene rings is 1. The van der Waals surface area contributed by atoms with E-state index in [1.807, 2.05) is 34.6 Å². The zero-order valence-electron chi connectivity index (χ0n) is 15.7. The van der Waals surface area contributed by atoms with E-state index in [0.29, 0.717) is 0 Å². The maximum atomic E-state index is 12.5. The summed E-state index contributed by atoms with van der Waals surface area (Å²) in [6.45, 7) is 12.1. The van der Waals surface area contributed by atoms with Gasteiger partial charge in [-0.15, -0.1) is 0 Å². The quantitative estimate of drug-likeness (QED) is 0.708. The van der Waals surface area contributed by atoms with E-state index < -0.39 is 11.9 Å². The van der Waals surface area contributed by atoms with E-state index >= 15 is 0 Å². The van der Waals surface area contributed by atoms with E-state index in [4.69, 9.17) is 4.74 Å². The largest absolute Gasteiger partial charge is 0.478 e. The second kappa shape index (κ2) is 8.32. The van der Waals surface area contributed by atoms with Gasteiger partial charge in [0.1, 0.15) is 6.10 Å². The zero-order chi connectivity index (χ0) is 18.5. The molecule has 4 nitrogen and oxygen atoms in total. The number of carboxylic acid groups (broad SMARTS) is 1. The molecule has 1 rings (SSSR count). The van der Waals surface area contributed by atoms with Gasteiger partial charge in [0, 0.05) is 0 Å². The molecule has 0 aliphatic heterocycles. The van der Waals surface area contributed by atoms with Crippen LogP contribution < -0.4 is 0 Å². The highest BCUT2D eigenvalue weighted by Crippen LogP contribution is 2.26. The number of carbonyl (C=O) groups is 2. The molecule has 0 saturated carbocycles. The highest BCUT2D eigenvalue weighted by Gasteiger charge is 2.25. The molecule has 0 spiro atoms. The molecule has 24 heavy (non-hydrogen) atoms. The van der Waals surface area contributed by atoms with Gasteiger partial charge in [0.15, 0.2) is 0 Å². The van der Waals surface area contributed by atoms with Crippen molar-refractivity contribution in [1.82, 2.24) is 0 Å². The molecule has 1 aromatic rings. The predicted molar refractivity (Wildman–Crippen MR) is 95.7 cm³/mol. The van der Waals surface area contributed by atoms with Crippen LogP contribution in [-0.2, 0) is 10.2 Å². The number of ether oxygens (including phenoxy) is 1. The Morgan fingerprint density at radius 2 is 1.79 bits per heavy atom. The lowest BCUT2D eigenvalue weighted by atomic mass is 9.85. The fraction of sp³-hybridized carbons (Fsp3) is 0.600. The summed E-state index contributed by atoms with van der Waals surface area (Å²) in [5, 5.41) is 9.48. The molecule has 0 heterocycles. The normalized spacial score (nSPS) is 13.0. The van der Waals surface area contributed by atoms with Crippen molar-refractivity contribution in [2.24, 2.45) is 5.92 Å². The molecule has 0 saturated heterocycles. The van der Waals surface area contributed by atoms with Gasteiger partial charge in [0.25, 0.3) is 0 Å². The van der Waals surface area contributed by atoms with Crippen LogP contribution in [0, 0.1) is 5.92 Å². The molecule has 0 aliphatic carbocycles. The molecule has 4 heteroatoms. The molecule has 134 valence electrons. The van der Waals surface area contributed by atoms with E-state index in [1.54, 1.807) is 18.2 Å². The lowest BCUT2D eigenvalue weighted by Gasteiger charge is -2.23. The highest BCUT2D eigenvalue weighted by molar-refractivity contribution is 6.02. The minimum Gasteiger partial charge on any atom is -0.478 e. The second-order valence-corrected chi connectivity index (χ2v) is 7.65. The van der Waals surface area contributed by atoms with Gasteiger partial charge in [0.2, 0.25) is 0 Å². The van der Waals surface area contributed by atoms with Crippen LogP contribution in [0.15, 0.2) is 18.2 Å². The second-order valence-electron chi connectivity index (χ2n) is 7.65. The number of carbonyl (C=O) groups excluding carboxylic acids is 1. The molecular formula is C20H30O4. The van der Waals surface area contributed by atoms with Crippen molar-refractivity contribution >= 4 is 11.9 Å². The van der Waals surface area contributed by atoms with Gasteiger partial charge in [-0.3, -0.25) is 0 Å². The number of carboxylic acids is 1. The van der Waals surface area contributed by atoms with Gasteiger partial charge < -0.3 is 9.84 Å². The summed E-state index contributed by atoms with van der Waals surface area (Å²) in [6.07, 6.45) is 2.61. The lowest BCUT2D eigenvalue weighted by molar-refractivity contribution is 0.0149. The third-order valence-electron chi connectivity index (χ3n) is 4.18. The average molecular weight is 334 g/mol. The van der Waals surface area contributed by atoms with Crippen LogP contribution >= 0.6 is 0 Å². The van der Waals surface area contributed by atoms with Crippen LogP contribution in [-0.4, -0.2) is 23.1 Å². The Kier molecular flexibility index (Phi) is 7.00. The predicted octanol–water partition coefficient (Wildman–Crippen LogP) is 5.05. The van der Waals surface area contributed by atoms with Crippen molar-refractivity contribution in [3.05, 3.63) is 34.9 Å². The first-order valence-electron chi connectivity index (χ1n) is 8.66. The van der Waals surface area contributed by atoms with Crippen molar-refractivity contribution in [3.63, 3.8) is 0 Å². The first-order valence-corrected chi connectivity index (χ1v) is 8.66. The molecule has 0 bridgehead atoms. The van der Waals surface area contributed by atoms with E-state index in [0.717, 1.165) is 24.8 Å². The van der Waals surface area contributed by atoms with Crippen LogP contribution in [0.3, 0.4) is 0 Å². The fourth-order valence-electron chi connectivity index (χ4n) is 2.50. The van der Waals surface area contributed by atoms with E-state index in [9.17, 15) is 14.7 Å². The Bertz CT molecular complexity index is 582. The number of hydrogen-bond donors (Lipinski definition) is 1. The zero-order valence-corrected chi connectivity index (χ0v) is 15.7. The van der Waals surface area contributed by atoms with Crippen LogP contribution in [0.4, 0.5) is 0 Å². The topological polar surface area (TPSA) is 63.6 Å². The van der Waals surface area contributed by atoms with Gasteiger partial charge in [-0.1, -0.05) is 60.5 Å². The molecule has 0 fully saturated rings. The third-order valence-corrected chi connectivity index (χ3v) is 4.18. The monoisotopic (exact) mass is 334 g/mol. The van der Waals surface area contributed by atoms with Crippen molar-refractivity contribution in [2.75, 3.05) is 0 Å². The minimum atomic E-state index is -1.11. The summed E-state index contributed by atoms with van der Waals surface area (Å²) in [6, 6.07) is 4.96.